The Balaban J connectivity index is 1.55. The largest absolute Gasteiger partial charge is 0.493 e. The van der Waals surface area contributed by atoms with E-state index < -0.39 is 5.82 Å². The molecule has 1 saturated heterocycles. The number of morpholine rings is 1. The molecule has 1 aliphatic heterocycles. The van der Waals surface area contributed by atoms with Crippen molar-refractivity contribution in [3.8, 4) is 28.1 Å². The summed E-state index contributed by atoms with van der Waals surface area (Å²) in [5.74, 6) is 0.00691. The zero-order chi connectivity index (χ0) is 22.8. The molecule has 0 aliphatic carbocycles. The van der Waals surface area contributed by atoms with Gasteiger partial charge in [0, 0.05) is 35.8 Å². The number of rotatable bonds is 5. The number of benzene rings is 2. The van der Waals surface area contributed by atoms with Gasteiger partial charge in [-0.2, -0.15) is 5.10 Å². The van der Waals surface area contributed by atoms with Gasteiger partial charge in [0.15, 0.2) is 5.65 Å². The third kappa shape index (κ3) is 4.05. The van der Waals surface area contributed by atoms with Crippen LogP contribution in [0.15, 0.2) is 54.7 Å². The number of carbonyl (C=O) groups excluding carboxylic acids is 1. The van der Waals surface area contributed by atoms with Crippen molar-refractivity contribution in [1.82, 2.24) is 20.1 Å². The normalized spacial score (nSPS) is 13.9. The Morgan fingerprint density at radius 1 is 1.15 bits per heavy atom. The summed E-state index contributed by atoms with van der Waals surface area (Å²) in [5.41, 5.74) is 3.54. The lowest BCUT2D eigenvalue weighted by atomic mass is 10.0. The Bertz CT molecular complexity index is 1310. The Labute approximate surface area is 190 Å². The van der Waals surface area contributed by atoms with E-state index in [4.69, 9.17) is 9.47 Å². The molecule has 4 aromatic rings. The molecule has 0 atom stereocenters. The number of aromatic nitrogens is 3. The van der Waals surface area contributed by atoms with Crippen LogP contribution < -0.4 is 4.74 Å². The van der Waals surface area contributed by atoms with Crippen LogP contribution in [0.3, 0.4) is 0 Å². The summed E-state index contributed by atoms with van der Waals surface area (Å²) in [7, 11) is 0. The first-order valence-electron chi connectivity index (χ1n) is 10.9. The Kier molecular flexibility index (Phi) is 5.75. The van der Waals surface area contributed by atoms with Crippen molar-refractivity contribution < 1.29 is 18.7 Å². The van der Waals surface area contributed by atoms with Crippen LogP contribution in [-0.4, -0.2) is 58.9 Å². The maximum Gasteiger partial charge on any atom is 0.254 e. The molecule has 1 fully saturated rings. The summed E-state index contributed by atoms with van der Waals surface area (Å²) < 4.78 is 25.8. The third-order valence-electron chi connectivity index (χ3n) is 5.68. The molecule has 0 bridgehead atoms. The molecule has 0 radical (unpaired) electrons. The predicted molar refractivity (Wildman–Crippen MR) is 123 cm³/mol. The van der Waals surface area contributed by atoms with Gasteiger partial charge in [-0.3, -0.25) is 9.89 Å². The Morgan fingerprint density at radius 2 is 1.97 bits per heavy atom. The van der Waals surface area contributed by atoms with Gasteiger partial charge in [-0.05, 0) is 42.8 Å². The quantitative estimate of drug-likeness (QED) is 0.494. The smallest absolute Gasteiger partial charge is 0.254 e. The van der Waals surface area contributed by atoms with Gasteiger partial charge in [-0.15, -0.1) is 0 Å². The van der Waals surface area contributed by atoms with Crippen molar-refractivity contribution in [3.05, 3.63) is 66.1 Å². The van der Waals surface area contributed by atoms with Crippen molar-refractivity contribution in [2.75, 3.05) is 32.9 Å². The minimum Gasteiger partial charge on any atom is -0.493 e. The first-order chi connectivity index (χ1) is 16.2. The van der Waals surface area contributed by atoms with E-state index in [0.717, 1.165) is 11.1 Å². The maximum atomic E-state index is 14.8. The van der Waals surface area contributed by atoms with Crippen molar-refractivity contribution in [1.29, 1.82) is 0 Å². The number of halogens is 1. The van der Waals surface area contributed by atoms with Crippen molar-refractivity contribution in [2.45, 2.75) is 6.92 Å². The van der Waals surface area contributed by atoms with E-state index in [0.29, 0.717) is 66.5 Å². The molecule has 1 amide bonds. The van der Waals surface area contributed by atoms with Gasteiger partial charge < -0.3 is 14.4 Å². The molecular formula is C25H23FN4O3. The van der Waals surface area contributed by atoms with Gasteiger partial charge in [-0.1, -0.05) is 18.2 Å². The molecule has 2 aromatic carbocycles. The van der Waals surface area contributed by atoms with Gasteiger partial charge in [0.05, 0.1) is 31.1 Å². The molecule has 33 heavy (non-hydrogen) atoms. The Hall–Kier alpha value is -3.78. The monoisotopic (exact) mass is 446 g/mol. The average Bonchev–Trinajstić information content (AvgIpc) is 3.27. The fraction of sp³-hybridized carbons (Fsp3) is 0.240. The molecule has 3 heterocycles. The number of nitrogens with zero attached hydrogens (tertiary/aromatic N) is 3. The number of hydrogen-bond acceptors (Lipinski definition) is 5. The SMILES string of the molecule is CCOc1cccc(F)c1-c1[nH]nc2ncc(-c3cccc(C(=O)N4CCOCC4)c3)cc12. The average molecular weight is 446 g/mol. The maximum absolute atomic E-state index is 14.8. The minimum absolute atomic E-state index is 0.0223. The summed E-state index contributed by atoms with van der Waals surface area (Å²) in [5, 5.41) is 7.83. The number of fused-ring (bicyclic) bond motifs is 1. The number of carbonyl (C=O) groups is 1. The summed E-state index contributed by atoms with van der Waals surface area (Å²) in [6, 6.07) is 14.1. The molecule has 7 nitrogen and oxygen atoms in total. The van der Waals surface area contributed by atoms with Crippen molar-refractivity contribution >= 4 is 16.9 Å². The lowest BCUT2D eigenvalue weighted by Crippen LogP contribution is -2.40. The zero-order valence-electron chi connectivity index (χ0n) is 18.2. The zero-order valence-corrected chi connectivity index (χ0v) is 18.2. The van der Waals surface area contributed by atoms with E-state index in [1.54, 1.807) is 23.2 Å². The van der Waals surface area contributed by atoms with Gasteiger partial charge in [0.2, 0.25) is 0 Å². The molecule has 1 N–H and O–H groups in total. The van der Waals surface area contributed by atoms with Gasteiger partial charge in [0.25, 0.3) is 5.91 Å². The molecule has 0 saturated carbocycles. The highest BCUT2D eigenvalue weighted by Crippen LogP contribution is 2.36. The summed E-state index contributed by atoms with van der Waals surface area (Å²) >= 11 is 0. The fourth-order valence-corrected chi connectivity index (χ4v) is 4.05. The van der Waals surface area contributed by atoms with Crippen molar-refractivity contribution in [3.63, 3.8) is 0 Å². The molecule has 0 spiro atoms. The van der Waals surface area contributed by atoms with Gasteiger partial charge in [-0.25, -0.2) is 9.37 Å². The number of amides is 1. The highest BCUT2D eigenvalue weighted by Gasteiger charge is 2.20. The van der Waals surface area contributed by atoms with Crippen LogP contribution in [-0.2, 0) is 4.74 Å². The van der Waals surface area contributed by atoms with Crippen LogP contribution in [0.25, 0.3) is 33.4 Å². The van der Waals surface area contributed by atoms with Crippen LogP contribution >= 0.6 is 0 Å². The topological polar surface area (TPSA) is 80.3 Å². The van der Waals surface area contributed by atoms with Crippen LogP contribution in [0.4, 0.5) is 4.39 Å². The number of H-pyrrole nitrogens is 1. The molecule has 2 aromatic heterocycles. The number of nitrogens with one attached hydrogen (secondary N) is 1. The predicted octanol–water partition coefficient (Wildman–Crippen LogP) is 4.30. The highest BCUT2D eigenvalue weighted by molar-refractivity contribution is 5.97. The molecule has 1 aliphatic rings. The van der Waals surface area contributed by atoms with Crippen LogP contribution in [0.5, 0.6) is 5.75 Å². The summed E-state index contributed by atoms with van der Waals surface area (Å²) in [6.45, 7) is 4.53. The summed E-state index contributed by atoms with van der Waals surface area (Å²) in [4.78, 5) is 19.2. The second-order valence-corrected chi connectivity index (χ2v) is 7.73. The van der Waals surface area contributed by atoms with Crippen LogP contribution in [0.1, 0.15) is 17.3 Å². The van der Waals surface area contributed by atoms with E-state index >= 15 is 0 Å². The standard InChI is InChI=1S/C25H23FN4O3/c1-2-33-21-8-4-7-20(26)22(21)23-19-14-18(15-27-24(19)29-28-23)16-5-3-6-17(13-16)25(31)30-9-11-32-12-10-30/h3-8,13-15H,2,9-12H2,1H3,(H,27,28,29). The van der Waals surface area contributed by atoms with E-state index in [-0.39, 0.29) is 5.91 Å². The first kappa shape index (κ1) is 21.1. The van der Waals surface area contributed by atoms with E-state index in [1.807, 2.05) is 37.3 Å². The number of ether oxygens (including phenoxy) is 2. The molecule has 8 heteroatoms. The minimum atomic E-state index is -0.407. The number of aromatic amines is 1. The van der Waals surface area contributed by atoms with Gasteiger partial charge >= 0.3 is 0 Å². The molecular weight excluding hydrogens is 423 g/mol. The Morgan fingerprint density at radius 3 is 2.79 bits per heavy atom. The molecule has 5 rings (SSSR count). The third-order valence-corrected chi connectivity index (χ3v) is 5.68. The fourth-order valence-electron chi connectivity index (χ4n) is 4.05. The van der Waals surface area contributed by atoms with Gasteiger partial charge in [0.1, 0.15) is 11.6 Å². The second-order valence-electron chi connectivity index (χ2n) is 7.73. The number of pyridine rings is 1. The lowest BCUT2D eigenvalue weighted by Gasteiger charge is -2.27. The molecule has 168 valence electrons. The van der Waals surface area contributed by atoms with E-state index in [2.05, 4.69) is 15.2 Å². The molecule has 0 unspecified atom stereocenters. The summed E-state index contributed by atoms with van der Waals surface area (Å²) in [6.07, 6.45) is 1.70. The second kappa shape index (κ2) is 8.99. The number of hydrogen-bond donors (Lipinski definition) is 1. The van der Waals surface area contributed by atoms with E-state index in [9.17, 15) is 9.18 Å². The lowest BCUT2D eigenvalue weighted by molar-refractivity contribution is 0.0303. The van der Waals surface area contributed by atoms with Crippen LogP contribution in [0.2, 0.25) is 0 Å². The van der Waals surface area contributed by atoms with E-state index in [1.165, 1.54) is 6.07 Å². The van der Waals surface area contributed by atoms with Crippen molar-refractivity contribution in [2.24, 2.45) is 0 Å². The first-order valence-corrected chi connectivity index (χ1v) is 10.9. The van der Waals surface area contributed by atoms with Crippen LogP contribution in [0, 0.1) is 5.82 Å². The highest BCUT2D eigenvalue weighted by atomic mass is 19.1.